The second-order valence-electron chi connectivity index (χ2n) is 6.35. The number of H-pyrrole nitrogens is 2. The van der Waals surface area contributed by atoms with Crippen LogP contribution >= 0.6 is 0 Å². The number of fused-ring (bicyclic) bond motifs is 7. The number of allylic oxidation sites excluding steroid dienone is 4. The predicted molar refractivity (Wildman–Crippen MR) is 98.7 cm³/mol. The number of aliphatic hydroxyl groups is 1. The van der Waals surface area contributed by atoms with E-state index in [1.165, 1.54) is 0 Å². The molecule has 0 saturated carbocycles. The first kappa shape index (κ1) is 14.1. The van der Waals surface area contributed by atoms with Crippen LogP contribution in [0.25, 0.3) is 18.2 Å². The fourth-order valence-electron chi connectivity index (χ4n) is 3.17. The molecular weight excluding hydrogens is 312 g/mol. The quantitative estimate of drug-likeness (QED) is 0.583. The smallest absolute Gasteiger partial charge is 0.177 e. The molecule has 0 amide bonds. The third-order valence-electron chi connectivity index (χ3n) is 4.30. The van der Waals surface area contributed by atoms with Crippen LogP contribution in [0.5, 0.6) is 0 Å². The second-order valence-corrected chi connectivity index (χ2v) is 6.35. The minimum Gasteiger partial charge on any atom is -0.364 e. The minimum absolute atomic E-state index is 0.816. The van der Waals surface area contributed by atoms with Crippen molar-refractivity contribution in [2.24, 2.45) is 4.99 Å². The van der Waals surface area contributed by atoms with E-state index in [2.05, 4.69) is 20.3 Å². The average Bonchev–Trinajstić information content (AvgIpc) is 3.32. The van der Waals surface area contributed by atoms with E-state index in [-0.39, 0.29) is 0 Å². The maximum absolute atomic E-state index is 10.7. The molecule has 5 heterocycles. The highest BCUT2D eigenvalue weighted by Gasteiger charge is 2.25. The lowest BCUT2D eigenvalue weighted by atomic mass is 10.2. The largest absolute Gasteiger partial charge is 0.364 e. The Morgan fingerprint density at radius 1 is 0.840 bits per heavy atom. The van der Waals surface area contributed by atoms with Crippen LogP contribution in [0.15, 0.2) is 71.0 Å². The zero-order valence-electron chi connectivity index (χ0n) is 13.3. The maximum Gasteiger partial charge on any atom is 0.177 e. The summed E-state index contributed by atoms with van der Waals surface area (Å²) in [5.74, 6) is 0. The Morgan fingerprint density at radius 2 is 1.68 bits per heavy atom. The average molecular weight is 328 g/mol. The van der Waals surface area contributed by atoms with E-state index in [0.29, 0.717) is 0 Å². The first-order valence-electron chi connectivity index (χ1n) is 8.12. The number of aromatic amines is 2. The van der Waals surface area contributed by atoms with Gasteiger partial charge in [-0.15, -0.1) is 0 Å². The maximum atomic E-state index is 10.7. The van der Waals surface area contributed by atoms with E-state index in [1.54, 1.807) is 12.2 Å². The van der Waals surface area contributed by atoms with Crippen LogP contribution in [0.2, 0.25) is 0 Å². The fourth-order valence-corrected chi connectivity index (χ4v) is 3.17. The van der Waals surface area contributed by atoms with Crippen LogP contribution in [0.4, 0.5) is 0 Å². The van der Waals surface area contributed by atoms with Gasteiger partial charge in [0, 0.05) is 27.8 Å². The van der Waals surface area contributed by atoms with E-state index in [0.717, 1.165) is 39.2 Å². The highest BCUT2D eigenvalue weighted by Crippen LogP contribution is 2.19. The van der Waals surface area contributed by atoms with Gasteiger partial charge in [-0.1, -0.05) is 0 Å². The number of aliphatic imine (C=N–C) groups is 1. The third-order valence-corrected chi connectivity index (χ3v) is 4.30. The van der Waals surface area contributed by atoms with Crippen LogP contribution in [-0.2, 0) is 0 Å². The summed E-state index contributed by atoms with van der Waals surface area (Å²) in [4.78, 5) is 11.2. The van der Waals surface area contributed by atoms with Crippen molar-refractivity contribution in [2.45, 2.75) is 5.72 Å². The summed E-state index contributed by atoms with van der Waals surface area (Å²) in [5.41, 5.74) is 3.33. The molecule has 3 aliphatic rings. The molecule has 4 N–H and O–H groups in total. The number of aromatic nitrogens is 2. The summed E-state index contributed by atoms with van der Waals surface area (Å²) >= 11 is 0. The molecule has 2 aromatic heterocycles. The van der Waals surface area contributed by atoms with Gasteiger partial charge in [0.05, 0.1) is 11.4 Å². The van der Waals surface area contributed by atoms with E-state index < -0.39 is 5.72 Å². The van der Waals surface area contributed by atoms with Gasteiger partial charge in [0.2, 0.25) is 0 Å². The van der Waals surface area contributed by atoms with Crippen molar-refractivity contribution in [1.29, 1.82) is 0 Å². The third kappa shape index (κ3) is 2.70. The molecule has 5 rings (SSSR count). The van der Waals surface area contributed by atoms with Crippen molar-refractivity contribution in [3.05, 3.63) is 88.1 Å². The van der Waals surface area contributed by atoms with E-state index in [1.807, 2.05) is 60.7 Å². The van der Waals surface area contributed by atoms with Gasteiger partial charge in [0.25, 0.3) is 0 Å². The van der Waals surface area contributed by atoms with Gasteiger partial charge in [-0.05, 0) is 72.9 Å². The van der Waals surface area contributed by atoms with E-state index in [4.69, 9.17) is 0 Å². The molecule has 1 atom stereocenters. The SMILES string of the molecule is OC12C=C/C(=C/C3=NC(=C\c4ccc([nH]4)/C=c4/cc/c([nH]4)=C/1)/C=C3)N2. The van der Waals surface area contributed by atoms with Gasteiger partial charge in [0.15, 0.2) is 5.72 Å². The molecule has 0 saturated heterocycles. The molecule has 0 spiro atoms. The Kier molecular flexibility index (Phi) is 2.87. The van der Waals surface area contributed by atoms with Gasteiger partial charge in [-0.25, -0.2) is 4.99 Å². The molecule has 25 heavy (non-hydrogen) atoms. The van der Waals surface area contributed by atoms with Crippen LogP contribution < -0.4 is 16.0 Å². The Morgan fingerprint density at radius 3 is 2.60 bits per heavy atom. The van der Waals surface area contributed by atoms with Gasteiger partial charge in [-0.2, -0.15) is 0 Å². The summed E-state index contributed by atoms with van der Waals surface area (Å²) in [5, 5.41) is 15.6. The molecule has 0 fully saturated rings. The van der Waals surface area contributed by atoms with Crippen LogP contribution in [0, 0.1) is 0 Å². The van der Waals surface area contributed by atoms with E-state index >= 15 is 0 Å². The zero-order chi connectivity index (χ0) is 16.9. The first-order valence-corrected chi connectivity index (χ1v) is 8.12. The number of hydrogen-bond acceptors (Lipinski definition) is 3. The number of hydrogen-bond donors (Lipinski definition) is 4. The summed E-state index contributed by atoms with van der Waals surface area (Å²) in [6, 6.07) is 7.98. The Balaban J connectivity index is 1.70. The highest BCUT2D eigenvalue weighted by atomic mass is 16.3. The lowest BCUT2D eigenvalue weighted by molar-refractivity contribution is 0.141. The molecule has 2 aromatic rings. The van der Waals surface area contributed by atoms with Crippen molar-refractivity contribution < 1.29 is 5.11 Å². The van der Waals surface area contributed by atoms with Crippen molar-refractivity contribution in [3.63, 3.8) is 0 Å². The lowest BCUT2D eigenvalue weighted by Gasteiger charge is -2.17. The number of nitrogens with one attached hydrogen (secondary N) is 3. The highest BCUT2D eigenvalue weighted by molar-refractivity contribution is 6.08. The summed E-state index contributed by atoms with van der Waals surface area (Å²) in [6.07, 6.45) is 15.2. The molecule has 122 valence electrons. The molecule has 1 unspecified atom stereocenters. The summed E-state index contributed by atoms with van der Waals surface area (Å²) < 4.78 is 0. The molecule has 0 aliphatic carbocycles. The Labute approximate surface area is 143 Å². The van der Waals surface area contributed by atoms with Crippen LogP contribution in [0.1, 0.15) is 11.4 Å². The standard InChI is InChI=1S/C20H16N4O/c25-20-8-7-18(24-20)11-17-4-3-14(22-17)9-13-1-2-15(21-13)10-16-5-6-19(12-20)23-16/h1-12,21,23-25H/b14-9-,16-10-,18-11-,19-12-. The van der Waals surface area contributed by atoms with Gasteiger partial charge >= 0.3 is 0 Å². The van der Waals surface area contributed by atoms with Crippen molar-refractivity contribution in [1.82, 2.24) is 15.3 Å². The summed E-state index contributed by atoms with van der Waals surface area (Å²) in [6.45, 7) is 0. The first-order chi connectivity index (χ1) is 12.1. The monoisotopic (exact) mass is 328 g/mol. The molecule has 3 aliphatic heterocycles. The molecule has 0 radical (unpaired) electrons. The minimum atomic E-state index is -1.22. The predicted octanol–water partition coefficient (Wildman–Crippen LogP) is 1.05. The van der Waals surface area contributed by atoms with Gasteiger partial charge in [0.1, 0.15) is 0 Å². The van der Waals surface area contributed by atoms with Gasteiger partial charge < -0.3 is 20.4 Å². The molecule has 8 bridgehead atoms. The molecular formula is C20H16N4O. The number of rotatable bonds is 0. The van der Waals surface area contributed by atoms with Gasteiger partial charge in [-0.3, -0.25) is 0 Å². The molecule has 5 heteroatoms. The van der Waals surface area contributed by atoms with Crippen LogP contribution in [-0.4, -0.2) is 26.5 Å². The zero-order valence-corrected chi connectivity index (χ0v) is 13.3. The van der Waals surface area contributed by atoms with Crippen molar-refractivity contribution in [2.75, 3.05) is 0 Å². The normalized spacial score (nSPS) is 30.2. The van der Waals surface area contributed by atoms with Crippen molar-refractivity contribution in [3.8, 4) is 0 Å². The molecule has 5 nitrogen and oxygen atoms in total. The lowest BCUT2D eigenvalue weighted by Crippen LogP contribution is -2.38. The second kappa shape index (κ2) is 5.09. The number of nitrogens with zero attached hydrogens (tertiary/aromatic N) is 1. The Bertz CT molecular complexity index is 1140. The van der Waals surface area contributed by atoms with Crippen LogP contribution in [0.3, 0.4) is 0 Å². The topological polar surface area (TPSA) is 76.2 Å². The van der Waals surface area contributed by atoms with Crippen molar-refractivity contribution >= 4 is 23.9 Å². The fraction of sp³-hybridized carbons (Fsp3) is 0.0500. The Hall–Kier alpha value is -3.31. The molecule has 0 aromatic carbocycles. The van der Waals surface area contributed by atoms with E-state index in [9.17, 15) is 5.11 Å². The summed E-state index contributed by atoms with van der Waals surface area (Å²) in [7, 11) is 0.